The molecule has 0 fully saturated rings. The molecule has 0 aromatic heterocycles. The standard InChI is InChI=1S/C20H20F2O5/c1-4-27-20(24)19(18-15(21)6-5-7-16(18)22)17(23)10-12-8-13(25-2)11-14(9-12)26-3/h5-9,11,19H,4,10H2,1-3H3. The van der Waals surface area contributed by atoms with E-state index in [2.05, 4.69) is 0 Å². The van der Waals surface area contributed by atoms with Gasteiger partial charge >= 0.3 is 5.97 Å². The largest absolute Gasteiger partial charge is 0.497 e. The minimum Gasteiger partial charge on any atom is -0.497 e. The molecule has 2 aromatic carbocycles. The first-order valence-corrected chi connectivity index (χ1v) is 8.26. The highest BCUT2D eigenvalue weighted by molar-refractivity contribution is 6.05. The van der Waals surface area contributed by atoms with Gasteiger partial charge in [-0.3, -0.25) is 9.59 Å². The van der Waals surface area contributed by atoms with Crippen molar-refractivity contribution in [1.29, 1.82) is 0 Å². The van der Waals surface area contributed by atoms with Gasteiger partial charge in [-0.05, 0) is 36.8 Å². The van der Waals surface area contributed by atoms with Gasteiger partial charge in [-0.1, -0.05) is 6.07 Å². The molecule has 0 aliphatic heterocycles. The van der Waals surface area contributed by atoms with Crippen molar-refractivity contribution in [3.05, 3.63) is 59.2 Å². The fraction of sp³-hybridized carbons (Fsp3) is 0.300. The van der Waals surface area contributed by atoms with E-state index in [1.165, 1.54) is 14.2 Å². The zero-order valence-electron chi connectivity index (χ0n) is 15.3. The summed E-state index contributed by atoms with van der Waals surface area (Å²) in [5.74, 6) is -4.48. The Hall–Kier alpha value is -2.96. The summed E-state index contributed by atoms with van der Waals surface area (Å²) in [6.45, 7) is 1.52. The molecule has 2 aromatic rings. The number of ketones is 1. The quantitative estimate of drug-likeness (QED) is 0.520. The second-order valence-electron chi connectivity index (χ2n) is 5.68. The van der Waals surface area contributed by atoms with Crippen LogP contribution >= 0.6 is 0 Å². The second kappa shape index (κ2) is 9.12. The van der Waals surface area contributed by atoms with Crippen LogP contribution in [0.5, 0.6) is 11.5 Å². The van der Waals surface area contributed by atoms with Crippen molar-refractivity contribution >= 4 is 11.8 Å². The number of hydrogen-bond acceptors (Lipinski definition) is 5. The number of carbonyl (C=O) groups is 2. The predicted octanol–water partition coefficient (Wildman–Crippen LogP) is 3.44. The molecule has 0 saturated heterocycles. The van der Waals surface area contributed by atoms with Crippen molar-refractivity contribution in [2.45, 2.75) is 19.3 Å². The van der Waals surface area contributed by atoms with Crippen LogP contribution in [0.3, 0.4) is 0 Å². The van der Waals surface area contributed by atoms with E-state index in [0.717, 1.165) is 18.2 Å². The number of carbonyl (C=O) groups excluding carboxylic acids is 2. The minimum absolute atomic E-state index is 0.0222. The Morgan fingerprint density at radius 3 is 2.04 bits per heavy atom. The molecule has 0 heterocycles. The van der Waals surface area contributed by atoms with Crippen molar-refractivity contribution in [1.82, 2.24) is 0 Å². The Morgan fingerprint density at radius 2 is 1.56 bits per heavy atom. The number of ether oxygens (including phenoxy) is 3. The van der Waals surface area contributed by atoms with Crippen LogP contribution in [-0.2, 0) is 20.7 Å². The average molecular weight is 378 g/mol. The van der Waals surface area contributed by atoms with E-state index in [-0.39, 0.29) is 13.0 Å². The Kier molecular flexibility index (Phi) is 6.87. The predicted molar refractivity (Wildman–Crippen MR) is 94.0 cm³/mol. The molecule has 144 valence electrons. The third-order valence-electron chi connectivity index (χ3n) is 3.92. The summed E-state index contributed by atoms with van der Waals surface area (Å²) in [6.07, 6.45) is -0.259. The Morgan fingerprint density at radius 1 is 1.00 bits per heavy atom. The average Bonchev–Trinajstić information content (AvgIpc) is 2.64. The van der Waals surface area contributed by atoms with Crippen LogP contribution in [0, 0.1) is 11.6 Å². The van der Waals surface area contributed by atoms with Gasteiger partial charge in [0.1, 0.15) is 29.1 Å². The summed E-state index contributed by atoms with van der Waals surface area (Å²) >= 11 is 0. The number of rotatable bonds is 8. The Bertz CT molecular complexity index is 793. The minimum atomic E-state index is -1.71. The molecule has 2 rings (SSSR count). The molecule has 0 aliphatic rings. The van der Waals surface area contributed by atoms with Crippen molar-refractivity contribution in [3.63, 3.8) is 0 Å². The molecule has 0 aliphatic carbocycles. The molecule has 0 saturated carbocycles. The number of methoxy groups -OCH3 is 2. The summed E-state index contributed by atoms with van der Waals surface area (Å²) in [7, 11) is 2.91. The summed E-state index contributed by atoms with van der Waals surface area (Å²) < 4.78 is 43.6. The fourth-order valence-electron chi connectivity index (χ4n) is 2.69. The second-order valence-corrected chi connectivity index (χ2v) is 5.68. The third kappa shape index (κ3) is 4.81. The fourth-order valence-corrected chi connectivity index (χ4v) is 2.69. The summed E-state index contributed by atoms with van der Waals surface area (Å²) in [4.78, 5) is 25.1. The van der Waals surface area contributed by atoms with E-state index >= 15 is 0 Å². The maximum Gasteiger partial charge on any atom is 0.321 e. The molecule has 1 atom stereocenters. The summed E-state index contributed by atoms with van der Waals surface area (Å²) in [5, 5.41) is 0. The lowest BCUT2D eigenvalue weighted by Gasteiger charge is -2.17. The van der Waals surface area contributed by atoms with E-state index in [9.17, 15) is 18.4 Å². The SMILES string of the molecule is CCOC(=O)C(C(=O)Cc1cc(OC)cc(OC)c1)c1c(F)cccc1F. The third-order valence-corrected chi connectivity index (χ3v) is 3.92. The molecular formula is C20H20F2O5. The van der Waals surface area contributed by atoms with Crippen molar-refractivity contribution in [3.8, 4) is 11.5 Å². The first-order chi connectivity index (χ1) is 12.9. The molecule has 0 radical (unpaired) electrons. The monoisotopic (exact) mass is 378 g/mol. The normalized spacial score (nSPS) is 11.6. The maximum atomic E-state index is 14.2. The van der Waals surface area contributed by atoms with E-state index < -0.39 is 34.9 Å². The van der Waals surface area contributed by atoms with E-state index in [1.54, 1.807) is 25.1 Å². The Labute approximate surface area is 155 Å². The van der Waals surface area contributed by atoms with E-state index in [1.807, 2.05) is 0 Å². The van der Waals surface area contributed by atoms with Crippen LogP contribution in [0.1, 0.15) is 24.0 Å². The summed E-state index contributed by atoms with van der Waals surface area (Å²) in [6, 6.07) is 7.93. The van der Waals surface area contributed by atoms with Gasteiger partial charge in [-0.2, -0.15) is 0 Å². The van der Waals surface area contributed by atoms with Crippen LogP contribution in [0.4, 0.5) is 8.78 Å². The molecule has 5 nitrogen and oxygen atoms in total. The van der Waals surface area contributed by atoms with Crippen molar-refractivity contribution < 1.29 is 32.6 Å². The van der Waals surface area contributed by atoms with Crippen LogP contribution < -0.4 is 9.47 Å². The van der Waals surface area contributed by atoms with Gasteiger partial charge in [-0.25, -0.2) is 8.78 Å². The topological polar surface area (TPSA) is 61.8 Å². The first kappa shape index (κ1) is 20.4. The summed E-state index contributed by atoms with van der Waals surface area (Å²) in [5.41, 5.74) is -0.141. The smallest absolute Gasteiger partial charge is 0.321 e. The Balaban J connectivity index is 2.42. The van der Waals surface area contributed by atoms with Crippen molar-refractivity contribution in [2.24, 2.45) is 0 Å². The van der Waals surface area contributed by atoms with Gasteiger partial charge in [0.15, 0.2) is 5.78 Å². The van der Waals surface area contributed by atoms with Crippen LogP contribution in [-0.4, -0.2) is 32.6 Å². The lowest BCUT2D eigenvalue weighted by molar-refractivity contribution is -0.148. The zero-order valence-corrected chi connectivity index (χ0v) is 15.3. The van der Waals surface area contributed by atoms with Gasteiger partial charge in [0.2, 0.25) is 0 Å². The van der Waals surface area contributed by atoms with Crippen molar-refractivity contribution in [2.75, 3.05) is 20.8 Å². The van der Waals surface area contributed by atoms with Gasteiger partial charge < -0.3 is 14.2 Å². The highest BCUT2D eigenvalue weighted by Crippen LogP contribution is 2.28. The lowest BCUT2D eigenvalue weighted by atomic mass is 9.90. The van der Waals surface area contributed by atoms with Gasteiger partial charge in [0, 0.05) is 18.1 Å². The molecule has 0 bridgehead atoms. The number of halogens is 2. The highest BCUT2D eigenvalue weighted by Gasteiger charge is 2.34. The number of esters is 1. The van der Waals surface area contributed by atoms with Gasteiger partial charge in [0.25, 0.3) is 0 Å². The molecule has 27 heavy (non-hydrogen) atoms. The molecule has 0 N–H and O–H groups in total. The zero-order chi connectivity index (χ0) is 20.0. The molecular weight excluding hydrogens is 358 g/mol. The molecule has 7 heteroatoms. The lowest BCUT2D eigenvalue weighted by Crippen LogP contribution is -2.27. The maximum absolute atomic E-state index is 14.2. The van der Waals surface area contributed by atoms with E-state index in [0.29, 0.717) is 17.1 Å². The van der Waals surface area contributed by atoms with Gasteiger partial charge in [0.05, 0.1) is 20.8 Å². The molecule has 0 spiro atoms. The van der Waals surface area contributed by atoms with Crippen LogP contribution in [0.2, 0.25) is 0 Å². The first-order valence-electron chi connectivity index (χ1n) is 8.26. The molecule has 0 amide bonds. The highest BCUT2D eigenvalue weighted by atomic mass is 19.1. The number of benzene rings is 2. The van der Waals surface area contributed by atoms with Gasteiger partial charge in [-0.15, -0.1) is 0 Å². The number of hydrogen-bond donors (Lipinski definition) is 0. The number of Topliss-reactive ketones (excluding diaryl/α,β-unsaturated/α-hetero) is 1. The van der Waals surface area contributed by atoms with E-state index in [4.69, 9.17) is 14.2 Å². The van der Waals surface area contributed by atoms with Crippen LogP contribution in [0.25, 0.3) is 0 Å². The molecule has 1 unspecified atom stereocenters. The van der Waals surface area contributed by atoms with Crippen LogP contribution in [0.15, 0.2) is 36.4 Å².